The van der Waals surface area contributed by atoms with E-state index in [0.29, 0.717) is 39.2 Å². The zero-order valence-corrected chi connectivity index (χ0v) is 17.0. The van der Waals surface area contributed by atoms with Crippen LogP contribution in [0.1, 0.15) is 31.2 Å². The molecule has 0 spiro atoms. The van der Waals surface area contributed by atoms with E-state index < -0.39 is 5.41 Å². The number of carbonyl (C=O) groups excluding carboxylic acids is 2. The minimum atomic E-state index is -0.401. The highest BCUT2D eigenvalue weighted by Crippen LogP contribution is 2.32. The maximum absolute atomic E-state index is 13.2. The lowest BCUT2D eigenvalue weighted by Gasteiger charge is -2.42. The number of carbonyl (C=O) groups is 2. The summed E-state index contributed by atoms with van der Waals surface area (Å²) in [6, 6.07) is 10.3. The largest absolute Gasteiger partial charge is 0.384 e. The van der Waals surface area contributed by atoms with Crippen LogP contribution < -0.4 is 5.32 Å². The summed E-state index contributed by atoms with van der Waals surface area (Å²) in [5.41, 5.74) is 0.873. The number of amides is 2. The molecule has 3 rings (SSSR count). The van der Waals surface area contributed by atoms with Gasteiger partial charge >= 0.3 is 0 Å². The number of piperazine rings is 1. The van der Waals surface area contributed by atoms with Crippen molar-refractivity contribution in [3.05, 3.63) is 35.9 Å². The van der Waals surface area contributed by atoms with Crippen molar-refractivity contribution in [3.63, 3.8) is 0 Å². The molecule has 1 aromatic carbocycles. The molecule has 0 saturated carbocycles. The van der Waals surface area contributed by atoms with E-state index in [9.17, 15) is 9.59 Å². The van der Waals surface area contributed by atoms with Crippen molar-refractivity contribution in [3.8, 4) is 0 Å². The number of methoxy groups -OCH3 is 1. The first kappa shape index (κ1) is 20.8. The number of ether oxygens (including phenoxy) is 1. The molecule has 1 aromatic rings. The van der Waals surface area contributed by atoms with Gasteiger partial charge in [-0.15, -0.1) is 0 Å². The summed E-state index contributed by atoms with van der Waals surface area (Å²) in [5.74, 6) is 0.406. The van der Waals surface area contributed by atoms with Crippen LogP contribution in [0.5, 0.6) is 0 Å². The second kappa shape index (κ2) is 10.0. The molecule has 0 radical (unpaired) electrons. The summed E-state index contributed by atoms with van der Waals surface area (Å²) in [6.45, 7) is 4.72. The maximum Gasteiger partial charge on any atom is 0.231 e. The molecule has 2 heterocycles. The Labute approximate surface area is 168 Å². The number of aryl methyl sites for hydroxylation is 1. The van der Waals surface area contributed by atoms with Crippen molar-refractivity contribution in [2.45, 2.75) is 32.1 Å². The van der Waals surface area contributed by atoms with E-state index in [1.807, 2.05) is 28.0 Å². The molecule has 2 aliphatic rings. The fourth-order valence-corrected chi connectivity index (χ4v) is 4.34. The molecule has 0 unspecified atom stereocenters. The van der Waals surface area contributed by atoms with Gasteiger partial charge in [0.2, 0.25) is 11.8 Å². The first-order valence-corrected chi connectivity index (χ1v) is 10.5. The second-order valence-corrected chi connectivity index (χ2v) is 7.98. The van der Waals surface area contributed by atoms with Gasteiger partial charge in [-0.05, 0) is 44.3 Å². The minimum Gasteiger partial charge on any atom is -0.384 e. The Bertz CT molecular complexity index is 630. The van der Waals surface area contributed by atoms with Gasteiger partial charge in [-0.1, -0.05) is 30.3 Å². The molecule has 154 valence electrons. The van der Waals surface area contributed by atoms with Crippen molar-refractivity contribution in [1.82, 2.24) is 15.1 Å². The maximum atomic E-state index is 13.2. The van der Waals surface area contributed by atoms with Gasteiger partial charge in [-0.25, -0.2) is 0 Å². The molecule has 0 bridgehead atoms. The smallest absolute Gasteiger partial charge is 0.231 e. The first-order valence-electron chi connectivity index (χ1n) is 10.5. The Balaban J connectivity index is 1.45. The molecular formula is C22H33N3O3. The van der Waals surface area contributed by atoms with Gasteiger partial charge in [-0.3, -0.25) is 9.59 Å². The van der Waals surface area contributed by atoms with Crippen molar-refractivity contribution in [2.75, 3.05) is 53.0 Å². The third-order valence-corrected chi connectivity index (χ3v) is 6.05. The molecule has 0 aromatic heterocycles. The van der Waals surface area contributed by atoms with E-state index in [0.717, 1.165) is 38.8 Å². The van der Waals surface area contributed by atoms with Crippen LogP contribution in [0.3, 0.4) is 0 Å². The van der Waals surface area contributed by atoms with Gasteiger partial charge < -0.3 is 19.9 Å². The molecule has 28 heavy (non-hydrogen) atoms. The summed E-state index contributed by atoms with van der Waals surface area (Å²) < 4.78 is 5.40. The number of benzene rings is 1. The zero-order valence-electron chi connectivity index (χ0n) is 17.0. The van der Waals surface area contributed by atoms with Crippen LogP contribution in [-0.4, -0.2) is 74.6 Å². The molecule has 6 heteroatoms. The van der Waals surface area contributed by atoms with Crippen molar-refractivity contribution >= 4 is 11.8 Å². The van der Waals surface area contributed by atoms with E-state index in [1.54, 1.807) is 7.11 Å². The summed E-state index contributed by atoms with van der Waals surface area (Å²) in [7, 11) is 1.67. The van der Waals surface area contributed by atoms with Gasteiger partial charge in [-0.2, -0.15) is 0 Å². The Morgan fingerprint density at radius 1 is 1.04 bits per heavy atom. The molecule has 0 atom stereocenters. The Kier molecular flexibility index (Phi) is 7.45. The van der Waals surface area contributed by atoms with Gasteiger partial charge in [0.05, 0.1) is 12.0 Å². The summed E-state index contributed by atoms with van der Waals surface area (Å²) in [5, 5.41) is 3.33. The van der Waals surface area contributed by atoms with Gasteiger partial charge in [0, 0.05) is 39.7 Å². The lowest BCUT2D eigenvalue weighted by Crippen LogP contribution is -2.57. The Morgan fingerprint density at radius 3 is 2.32 bits per heavy atom. The average Bonchev–Trinajstić information content (AvgIpc) is 2.75. The predicted molar refractivity (Wildman–Crippen MR) is 109 cm³/mol. The molecular weight excluding hydrogens is 354 g/mol. The molecule has 2 fully saturated rings. The van der Waals surface area contributed by atoms with E-state index in [1.165, 1.54) is 5.56 Å². The lowest BCUT2D eigenvalue weighted by atomic mass is 9.78. The van der Waals surface area contributed by atoms with E-state index in [4.69, 9.17) is 4.74 Å². The number of piperidine rings is 1. The number of nitrogens with one attached hydrogen (secondary N) is 1. The quantitative estimate of drug-likeness (QED) is 0.774. The van der Waals surface area contributed by atoms with Crippen LogP contribution in [0.25, 0.3) is 0 Å². The topological polar surface area (TPSA) is 61.9 Å². The van der Waals surface area contributed by atoms with Gasteiger partial charge in [0.1, 0.15) is 0 Å². The van der Waals surface area contributed by atoms with Crippen LogP contribution >= 0.6 is 0 Å². The molecule has 0 aliphatic carbocycles. The second-order valence-electron chi connectivity index (χ2n) is 7.98. The SMILES string of the molecule is COCC1(C(=O)N2CCN(C(=O)CCCc3ccccc3)CC2)CCNCC1. The number of hydrogen-bond acceptors (Lipinski definition) is 4. The highest BCUT2D eigenvalue weighted by Gasteiger charge is 2.43. The number of rotatable bonds is 7. The minimum absolute atomic E-state index is 0.201. The summed E-state index contributed by atoms with van der Waals surface area (Å²) in [6.07, 6.45) is 4.00. The predicted octanol–water partition coefficient (Wildman–Crippen LogP) is 1.70. The summed E-state index contributed by atoms with van der Waals surface area (Å²) in [4.78, 5) is 29.6. The monoisotopic (exact) mass is 387 g/mol. The van der Waals surface area contributed by atoms with Crippen molar-refractivity contribution in [1.29, 1.82) is 0 Å². The third-order valence-electron chi connectivity index (χ3n) is 6.05. The average molecular weight is 388 g/mol. The van der Waals surface area contributed by atoms with Crippen LogP contribution in [0.15, 0.2) is 30.3 Å². The van der Waals surface area contributed by atoms with Crippen molar-refractivity contribution in [2.24, 2.45) is 5.41 Å². The molecule has 1 N–H and O–H groups in total. The van der Waals surface area contributed by atoms with Gasteiger partial charge in [0.25, 0.3) is 0 Å². The van der Waals surface area contributed by atoms with Crippen LogP contribution in [0, 0.1) is 5.41 Å². The van der Waals surface area contributed by atoms with Crippen molar-refractivity contribution < 1.29 is 14.3 Å². The molecule has 2 saturated heterocycles. The highest BCUT2D eigenvalue weighted by atomic mass is 16.5. The normalized spacial score (nSPS) is 19.5. The zero-order chi connectivity index (χ0) is 19.8. The number of hydrogen-bond donors (Lipinski definition) is 1. The van der Waals surface area contributed by atoms with Crippen LogP contribution in [-0.2, 0) is 20.7 Å². The highest BCUT2D eigenvalue weighted by molar-refractivity contribution is 5.83. The van der Waals surface area contributed by atoms with Gasteiger partial charge in [0.15, 0.2) is 0 Å². The van der Waals surface area contributed by atoms with E-state index in [2.05, 4.69) is 17.4 Å². The standard InChI is InChI=1S/C22H33N3O3/c1-28-18-22(10-12-23-13-11-22)21(27)25-16-14-24(15-17-25)20(26)9-5-8-19-6-3-2-4-7-19/h2-4,6-7,23H,5,8-18H2,1H3. The molecule has 2 amide bonds. The molecule has 2 aliphatic heterocycles. The summed E-state index contributed by atoms with van der Waals surface area (Å²) >= 11 is 0. The Hall–Kier alpha value is -1.92. The van der Waals surface area contributed by atoms with Crippen LogP contribution in [0.2, 0.25) is 0 Å². The fraction of sp³-hybridized carbons (Fsp3) is 0.636. The van der Waals surface area contributed by atoms with Crippen LogP contribution in [0.4, 0.5) is 0 Å². The molecule has 6 nitrogen and oxygen atoms in total. The van der Waals surface area contributed by atoms with E-state index in [-0.39, 0.29) is 11.8 Å². The first-order chi connectivity index (χ1) is 13.6. The number of nitrogens with zero attached hydrogens (tertiary/aromatic N) is 2. The van der Waals surface area contributed by atoms with E-state index >= 15 is 0 Å². The Morgan fingerprint density at radius 2 is 1.68 bits per heavy atom. The fourth-order valence-electron chi connectivity index (χ4n) is 4.34. The third kappa shape index (κ3) is 5.11. The lowest BCUT2D eigenvalue weighted by molar-refractivity contribution is -0.151.